The van der Waals surface area contributed by atoms with Crippen molar-refractivity contribution in [2.45, 2.75) is 0 Å². The van der Waals surface area contributed by atoms with Crippen LogP contribution < -0.4 is 8.32 Å². The van der Waals surface area contributed by atoms with E-state index in [0.29, 0.717) is 5.75 Å². The Morgan fingerprint density at radius 1 is 1.50 bits per heavy atom. The zero-order valence-electron chi connectivity index (χ0n) is 5.60. The number of hydrogen-bond donors (Lipinski definition) is 0. The molecule has 2 radical (unpaired) electrons. The first-order chi connectivity index (χ1) is 4.74. The van der Waals surface area contributed by atoms with Crippen molar-refractivity contribution in [2.75, 3.05) is 7.11 Å². The van der Waals surface area contributed by atoms with E-state index in [0.717, 1.165) is 26.1 Å². The molecule has 1 nitrogen and oxygen atoms in total. The van der Waals surface area contributed by atoms with Crippen LogP contribution in [0.2, 0.25) is 0 Å². The normalized spacial score (nSPS) is 9.50. The Kier molecular flexibility index (Phi) is 2.54. The first-order valence-corrected chi connectivity index (χ1v) is 4.48. The second kappa shape index (κ2) is 3.23. The minimum absolute atomic E-state index is 0.271. The fourth-order valence-electron chi connectivity index (χ4n) is 0.683. The van der Waals surface area contributed by atoms with E-state index in [2.05, 4.69) is 0 Å². The molecule has 0 amide bonds. The summed E-state index contributed by atoms with van der Waals surface area (Å²) in [5, 5.41) is 0. The molecule has 0 spiro atoms. The van der Waals surface area contributed by atoms with Crippen LogP contribution in [0.15, 0.2) is 18.2 Å². The third-order valence-corrected chi connectivity index (χ3v) is 2.20. The van der Waals surface area contributed by atoms with Crippen LogP contribution in [0.5, 0.6) is 5.75 Å². The molecule has 0 aromatic heterocycles. The Morgan fingerprint density at radius 2 is 2.20 bits per heavy atom. The summed E-state index contributed by atoms with van der Waals surface area (Å²) in [5.41, 5.74) is 0. The molecule has 0 saturated heterocycles. The van der Waals surface area contributed by atoms with E-state index in [1.165, 1.54) is 13.2 Å². The molecule has 0 aliphatic rings. The number of methoxy groups -OCH3 is 1. The average molecular weight is 245 g/mol. The number of ether oxygens (including phenoxy) is 1. The Balaban J connectivity index is 3.07. The molecule has 10 heavy (non-hydrogen) atoms. The van der Waals surface area contributed by atoms with Gasteiger partial charge in [0.25, 0.3) is 0 Å². The van der Waals surface area contributed by atoms with Crippen LogP contribution in [0, 0.1) is 5.82 Å². The summed E-state index contributed by atoms with van der Waals surface area (Å²) in [5.74, 6) is 0.0469. The fraction of sp³-hybridized carbons (Fsp3) is 0.143. The van der Waals surface area contributed by atoms with E-state index >= 15 is 0 Å². The average Bonchev–Trinajstić information content (AvgIpc) is 1.88. The number of rotatable bonds is 1. The SMILES string of the molecule is COc1cc[c]([SnH])cc1F. The van der Waals surface area contributed by atoms with E-state index in [4.69, 9.17) is 4.74 Å². The third-order valence-electron chi connectivity index (χ3n) is 1.18. The van der Waals surface area contributed by atoms with Crippen LogP contribution >= 0.6 is 0 Å². The molecule has 1 rings (SSSR count). The van der Waals surface area contributed by atoms with Gasteiger partial charge in [0.15, 0.2) is 0 Å². The Bertz CT molecular complexity index is 237. The van der Waals surface area contributed by atoms with Gasteiger partial charge in [-0.25, -0.2) is 0 Å². The van der Waals surface area contributed by atoms with Gasteiger partial charge in [0.1, 0.15) is 0 Å². The van der Waals surface area contributed by atoms with Crippen molar-refractivity contribution in [1.82, 2.24) is 0 Å². The summed E-state index contributed by atoms with van der Waals surface area (Å²) in [6, 6.07) is 5.01. The van der Waals surface area contributed by atoms with Crippen LogP contribution in [0.3, 0.4) is 0 Å². The minimum atomic E-state index is -0.271. The molecule has 1 aromatic carbocycles. The van der Waals surface area contributed by atoms with Crippen molar-refractivity contribution in [1.29, 1.82) is 0 Å². The van der Waals surface area contributed by atoms with Crippen molar-refractivity contribution in [3.8, 4) is 5.75 Å². The summed E-state index contributed by atoms with van der Waals surface area (Å²) in [4.78, 5) is 0. The molecule has 0 aliphatic carbocycles. The van der Waals surface area contributed by atoms with Gasteiger partial charge in [0.2, 0.25) is 0 Å². The van der Waals surface area contributed by atoms with Crippen molar-refractivity contribution in [2.24, 2.45) is 0 Å². The predicted octanol–water partition coefficient (Wildman–Crippen LogP) is 0.360. The number of benzene rings is 1. The van der Waals surface area contributed by atoms with Gasteiger partial charge < -0.3 is 0 Å². The summed E-state index contributed by atoms with van der Waals surface area (Å²) < 4.78 is 18.5. The monoisotopic (exact) mass is 246 g/mol. The van der Waals surface area contributed by atoms with Gasteiger partial charge in [0, 0.05) is 0 Å². The molecule has 3 heteroatoms. The van der Waals surface area contributed by atoms with E-state index < -0.39 is 0 Å². The van der Waals surface area contributed by atoms with Crippen LogP contribution in [0.1, 0.15) is 0 Å². The topological polar surface area (TPSA) is 9.23 Å². The third kappa shape index (κ3) is 1.62. The van der Waals surface area contributed by atoms with E-state index in [9.17, 15) is 4.39 Å². The fourth-order valence-corrected chi connectivity index (χ4v) is 1.37. The summed E-state index contributed by atoms with van der Waals surface area (Å²) in [6.45, 7) is 0. The first kappa shape index (κ1) is 7.85. The summed E-state index contributed by atoms with van der Waals surface area (Å²) in [6.07, 6.45) is 0. The van der Waals surface area contributed by atoms with E-state index in [1.54, 1.807) is 6.07 Å². The second-order valence-corrected chi connectivity index (χ2v) is 3.80. The number of halogens is 1. The molecule has 1 aromatic rings. The van der Waals surface area contributed by atoms with Crippen molar-refractivity contribution < 1.29 is 9.13 Å². The Morgan fingerprint density at radius 3 is 2.70 bits per heavy atom. The summed E-state index contributed by atoms with van der Waals surface area (Å²) >= 11 is 0.939. The quantitative estimate of drug-likeness (QED) is 0.649. The van der Waals surface area contributed by atoms with Crippen molar-refractivity contribution in [3.05, 3.63) is 24.0 Å². The van der Waals surface area contributed by atoms with Gasteiger partial charge in [0.05, 0.1) is 0 Å². The molecule has 0 bridgehead atoms. The predicted molar refractivity (Wildman–Crippen MR) is 39.7 cm³/mol. The van der Waals surface area contributed by atoms with E-state index in [1.807, 2.05) is 6.07 Å². The standard InChI is InChI=1S/C7H6FO.Sn.H/c1-9-7-5-3-2-4-6(7)8;;/h3-5H,1H3;;. The molecule has 0 atom stereocenters. The van der Waals surface area contributed by atoms with Gasteiger partial charge in [-0.05, 0) is 0 Å². The Labute approximate surface area is 72.3 Å². The molecule has 0 heterocycles. The number of hydrogen-bond acceptors (Lipinski definition) is 1. The maximum atomic E-state index is 12.7. The van der Waals surface area contributed by atoms with Crippen molar-refractivity contribution >= 4 is 26.1 Å². The van der Waals surface area contributed by atoms with Crippen LogP contribution in [-0.2, 0) is 0 Å². The van der Waals surface area contributed by atoms with Crippen LogP contribution in [-0.4, -0.2) is 29.6 Å². The zero-order chi connectivity index (χ0) is 7.56. The van der Waals surface area contributed by atoms with Crippen molar-refractivity contribution in [3.63, 3.8) is 0 Å². The Hall–Kier alpha value is -0.251. The van der Waals surface area contributed by atoms with Gasteiger partial charge >= 0.3 is 72.1 Å². The molecule has 52 valence electrons. The van der Waals surface area contributed by atoms with Crippen LogP contribution in [0.25, 0.3) is 0 Å². The van der Waals surface area contributed by atoms with Gasteiger partial charge in [-0.2, -0.15) is 0 Å². The molecule has 0 saturated carbocycles. The van der Waals surface area contributed by atoms with Gasteiger partial charge in [-0.1, -0.05) is 0 Å². The van der Waals surface area contributed by atoms with Gasteiger partial charge in [-0.3, -0.25) is 0 Å². The zero-order valence-corrected chi connectivity index (χ0v) is 8.89. The first-order valence-electron chi connectivity index (χ1n) is 2.83. The molecule has 0 unspecified atom stereocenters. The molecular weight excluding hydrogens is 238 g/mol. The summed E-state index contributed by atoms with van der Waals surface area (Å²) in [7, 11) is 1.46. The molecule has 0 aliphatic heterocycles. The molecular formula is C7H7FOSn. The maximum absolute atomic E-state index is 12.7. The molecule has 0 fully saturated rings. The van der Waals surface area contributed by atoms with Crippen LogP contribution in [0.4, 0.5) is 4.39 Å². The van der Waals surface area contributed by atoms with Gasteiger partial charge in [-0.15, -0.1) is 0 Å². The second-order valence-electron chi connectivity index (χ2n) is 1.89. The van der Waals surface area contributed by atoms with E-state index in [-0.39, 0.29) is 5.82 Å². The molecule has 0 N–H and O–H groups in total.